The van der Waals surface area contributed by atoms with E-state index in [1.165, 1.54) is 0 Å². The smallest absolute Gasteiger partial charge is 0.228 e. The molecular formula is C15H20N2O3S. The first-order chi connectivity index (χ1) is 9.96. The molecule has 0 spiro atoms. The zero-order valence-electron chi connectivity index (χ0n) is 12.1. The molecule has 5 nitrogen and oxygen atoms in total. The number of hydrogen-bond acceptors (Lipinski definition) is 4. The van der Waals surface area contributed by atoms with E-state index in [0.717, 1.165) is 17.7 Å². The fourth-order valence-corrected chi connectivity index (χ4v) is 4.88. The Morgan fingerprint density at radius 1 is 1.29 bits per heavy atom. The number of fused-ring (bicyclic) bond motifs is 1. The molecule has 114 valence electrons. The minimum Gasteiger partial charge on any atom is -0.315 e. The van der Waals surface area contributed by atoms with Gasteiger partial charge in [-0.15, -0.1) is 0 Å². The molecule has 21 heavy (non-hydrogen) atoms. The largest absolute Gasteiger partial charge is 0.315 e. The average Bonchev–Trinajstić information content (AvgIpc) is 2.43. The van der Waals surface area contributed by atoms with Crippen LogP contribution in [0.25, 0.3) is 0 Å². The van der Waals surface area contributed by atoms with Crippen LogP contribution in [-0.2, 0) is 14.6 Å². The first-order valence-corrected chi connectivity index (χ1v) is 9.10. The summed E-state index contributed by atoms with van der Waals surface area (Å²) in [6.07, 6.45) is 1.92. The van der Waals surface area contributed by atoms with Crippen molar-refractivity contribution in [3.8, 4) is 0 Å². The topological polar surface area (TPSA) is 66.5 Å². The van der Waals surface area contributed by atoms with Crippen molar-refractivity contribution >= 4 is 21.4 Å². The molecule has 6 heteroatoms. The van der Waals surface area contributed by atoms with Gasteiger partial charge in [0.2, 0.25) is 5.91 Å². The van der Waals surface area contributed by atoms with Crippen molar-refractivity contribution in [2.24, 2.45) is 0 Å². The fourth-order valence-electron chi connectivity index (χ4n) is 3.23. The van der Waals surface area contributed by atoms with Crippen LogP contribution in [0.1, 0.15) is 30.9 Å². The zero-order valence-corrected chi connectivity index (χ0v) is 12.9. The maximum Gasteiger partial charge on any atom is 0.228 e. The summed E-state index contributed by atoms with van der Waals surface area (Å²) in [6, 6.07) is 7.65. The van der Waals surface area contributed by atoms with Crippen molar-refractivity contribution in [1.29, 1.82) is 0 Å². The first-order valence-electron chi connectivity index (χ1n) is 7.28. The second kappa shape index (κ2) is 5.42. The molecule has 1 aromatic carbocycles. The van der Waals surface area contributed by atoms with E-state index in [9.17, 15) is 13.2 Å². The molecule has 1 fully saturated rings. The van der Waals surface area contributed by atoms with Gasteiger partial charge in [0.1, 0.15) is 0 Å². The van der Waals surface area contributed by atoms with E-state index in [-0.39, 0.29) is 29.5 Å². The molecule has 2 unspecified atom stereocenters. The second-order valence-electron chi connectivity index (χ2n) is 5.89. The third kappa shape index (κ3) is 2.96. The van der Waals surface area contributed by atoms with Gasteiger partial charge in [-0.1, -0.05) is 18.2 Å². The maximum atomic E-state index is 12.1. The molecule has 1 N–H and O–H groups in total. The minimum atomic E-state index is -2.94. The molecule has 0 aromatic heterocycles. The van der Waals surface area contributed by atoms with Gasteiger partial charge < -0.3 is 10.2 Å². The fraction of sp³-hybridized carbons (Fsp3) is 0.533. The van der Waals surface area contributed by atoms with Gasteiger partial charge in [0.25, 0.3) is 0 Å². The molecule has 1 saturated heterocycles. The van der Waals surface area contributed by atoms with Crippen molar-refractivity contribution in [1.82, 2.24) is 5.32 Å². The normalized spacial score (nSPS) is 28.2. The number of amides is 1. The number of hydrogen-bond donors (Lipinski definition) is 1. The molecule has 0 saturated carbocycles. The molecule has 1 aromatic rings. The van der Waals surface area contributed by atoms with E-state index in [0.29, 0.717) is 12.8 Å². The van der Waals surface area contributed by atoms with Gasteiger partial charge >= 0.3 is 0 Å². The van der Waals surface area contributed by atoms with Crippen LogP contribution in [0, 0.1) is 0 Å². The predicted molar refractivity (Wildman–Crippen MR) is 82.0 cm³/mol. The Morgan fingerprint density at radius 2 is 2.05 bits per heavy atom. The zero-order chi connectivity index (χ0) is 15.0. The van der Waals surface area contributed by atoms with E-state index in [1.807, 2.05) is 24.3 Å². The number of benzene rings is 1. The van der Waals surface area contributed by atoms with Crippen molar-refractivity contribution < 1.29 is 13.2 Å². The summed E-state index contributed by atoms with van der Waals surface area (Å²) in [5.41, 5.74) is 1.98. The van der Waals surface area contributed by atoms with E-state index in [2.05, 4.69) is 5.32 Å². The lowest BCUT2D eigenvalue weighted by Crippen LogP contribution is -2.45. The van der Waals surface area contributed by atoms with E-state index in [4.69, 9.17) is 0 Å². The Hall–Kier alpha value is -1.40. The predicted octanol–water partition coefficient (Wildman–Crippen LogP) is 1.26. The van der Waals surface area contributed by atoms with Crippen LogP contribution in [0.5, 0.6) is 0 Å². The number of nitrogens with one attached hydrogen (secondary N) is 1. The van der Waals surface area contributed by atoms with Crippen molar-refractivity contribution in [3.63, 3.8) is 0 Å². The number of rotatable bonds is 2. The summed E-state index contributed by atoms with van der Waals surface area (Å²) in [5, 5.41) is 3.39. The van der Waals surface area contributed by atoms with Gasteiger partial charge in [-0.2, -0.15) is 0 Å². The maximum absolute atomic E-state index is 12.1. The van der Waals surface area contributed by atoms with Crippen molar-refractivity contribution in [2.75, 3.05) is 23.5 Å². The minimum absolute atomic E-state index is 0.0574. The highest BCUT2D eigenvalue weighted by atomic mass is 32.2. The summed E-state index contributed by atoms with van der Waals surface area (Å²) >= 11 is 0. The van der Waals surface area contributed by atoms with E-state index in [1.54, 1.807) is 11.9 Å². The van der Waals surface area contributed by atoms with Crippen LogP contribution in [0.15, 0.2) is 24.3 Å². The first kappa shape index (κ1) is 14.5. The SMILES string of the molecule is CN1C(=O)CC(NC2CCCS(=O)(=O)C2)c2ccccc21. The Morgan fingerprint density at radius 3 is 2.81 bits per heavy atom. The molecule has 1 amide bonds. The van der Waals surface area contributed by atoms with Crippen LogP contribution in [-0.4, -0.2) is 38.9 Å². The summed E-state index contributed by atoms with van der Waals surface area (Å²) in [6.45, 7) is 0. The van der Waals surface area contributed by atoms with Crippen LogP contribution in [0.4, 0.5) is 5.69 Å². The van der Waals surface area contributed by atoms with Crippen LogP contribution >= 0.6 is 0 Å². The third-order valence-corrected chi connectivity index (χ3v) is 6.15. The lowest BCUT2D eigenvalue weighted by atomic mass is 9.95. The standard InChI is InChI=1S/C15H20N2O3S/c1-17-14-7-3-2-6-12(14)13(9-15(17)18)16-11-5-4-8-21(19,20)10-11/h2-3,6-7,11,13,16H,4-5,8-10H2,1H3. The second-order valence-corrected chi connectivity index (χ2v) is 8.12. The van der Waals surface area contributed by atoms with Gasteiger partial charge in [-0.05, 0) is 24.5 Å². The van der Waals surface area contributed by atoms with Crippen LogP contribution < -0.4 is 10.2 Å². The summed E-state index contributed by atoms with van der Waals surface area (Å²) in [4.78, 5) is 13.8. The number of nitrogens with zero attached hydrogens (tertiary/aromatic N) is 1. The lowest BCUT2D eigenvalue weighted by Gasteiger charge is -2.35. The van der Waals surface area contributed by atoms with Crippen molar-refractivity contribution in [2.45, 2.75) is 31.3 Å². The van der Waals surface area contributed by atoms with Gasteiger partial charge in [-0.25, -0.2) is 8.42 Å². The van der Waals surface area contributed by atoms with Gasteiger partial charge in [0.05, 0.1) is 11.5 Å². The van der Waals surface area contributed by atoms with Gasteiger partial charge in [-0.3, -0.25) is 4.79 Å². The molecule has 2 atom stereocenters. The molecular weight excluding hydrogens is 288 g/mol. The molecule has 2 aliphatic heterocycles. The van der Waals surface area contributed by atoms with Crippen LogP contribution in [0.3, 0.4) is 0 Å². The van der Waals surface area contributed by atoms with Gasteiger partial charge in [0.15, 0.2) is 9.84 Å². The lowest BCUT2D eigenvalue weighted by molar-refractivity contribution is -0.119. The summed E-state index contributed by atoms with van der Waals surface area (Å²) < 4.78 is 23.5. The van der Waals surface area contributed by atoms with Gasteiger partial charge in [0, 0.05) is 31.2 Å². The average molecular weight is 308 g/mol. The Labute approximate surface area is 125 Å². The summed E-state index contributed by atoms with van der Waals surface area (Å²) in [5.74, 6) is 0.522. The van der Waals surface area contributed by atoms with E-state index >= 15 is 0 Å². The number of carbonyl (C=O) groups is 1. The Kier molecular flexibility index (Phi) is 3.75. The Bertz CT molecular complexity index is 657. The Balaban J connectivity index is 1.83. The molecule has 0 radical (unpaired) electrons. The highest BCUT2D eigenvalue weighted by Crippen LogP contribution is 2.34. The number of carbonyl (C=O) groups excluding carboxylic acids is 1. The quantitative estimate of drug-likeness (QED) is 0.893. The molecule has 0 bridgehead atoms. The molecule has 2 heterocycles. The van der Waals surface area contributed by atoms with Crippen LogP contribution in [0.2, 0.25) is 0 Å². The van der Waals surface area contributed by atoms with Crippen molar-refractivity contribution in [3.05, 3.63) is 29.8 Å². The van der Waals surface area contributed by atoms with E-state index < -0.39 is 9.84 Å². The molecule has 3 rings (SSSR count). The number of anilines is 1. The summed E-state index contributed by atoms with van der Waals surface area (Å²) in [7, 11) is -1.16. The highest BCUT2D eigenvalue weighted by molar-refractivity contribution is 7.91. The number of para-hydroxylation sites is 1. The number of sulfone groups is 1. The monoisotopic (exact) mass is 308 g/mol. The highest BCUT2D eigenvalue weighted by Gasteiger charge is 2.32. The molecule has 0 aliphatic carbocycles. The third-order valence-electron chi connectivity index (χ3n) is 4.33. The molecule has 2 aliphatic rings.